The second kappa shape index (κ2) is 10.5. The van der Waals surface area contributed by atoms with E-state index in [-0.39, 0.29) is 29.9 Å². The Hall–Kier alpha value is -1.81. The van der Waals surface area contributed by atoms with Crippen LogP contribution in [0.5, 0.6) is 0 Å². The molecule has 0 unspecified atom stereocenters. The van der Waals surface area contributed by atoms with Crippen LogP contribution in [0.3, 0.4) is 0 Å². The van der Waals surface area contributed by atoms with Crippen molar-refractivity contribution in [2.75, 3.05) is 33.2 Å². The summed E-state index contributed by atoms with van der Waals surface area (Å²) in [6.07, 6.45) is 5.46. The van der Waals surface area contributed by atoms with E-state index in [1.54, 1.807) is 19.6 Å². The zero-order chi connectivity index (χ0) is 18.4. The highest BCUT2D eigenvalue weighted by molar-refractivity contribution is 14.0. The molecule has 0 atom stereocenters. The summed E-state index contributed by atoms with van der Waals surface area (Å²) in [5, 5.41) is 4.01. The Bertz CT molecular complexity index is 750. The van der Waals surface area contributed by atoms with Gasteiger partial charge in [0.1, 0.15) is 0 Å². The van der Waals surface area contributed by atoms with Crippen LogP contribution in [0, 0.1) is 0 Å². The molecule has 0 bridgehead atoms. The molecule has 146 valence electrons. The molecule has 0 saturated carbocycles. The number of carbonyl (C=O) groups is 1. The fraction of sp³-hybridized carbons (Fsp3) is 0.389. The first kappa shape index (κ1) is 21.5. The summed E-state index contributed by atoms with van der Waals surface area (Å²) in [4.78, 5) is 24.7. The van der Waals surface area contributed by atoms with Crippen LogP contribution in [0.1, 0.15) is 5.56 Å². The van der Waals surface area contributed by atoms with Gasteiger partial charge < -0.3 is 19.7 Å². The van der Waals surface area contributed by atoms with Gasteiger partial charge in [-0.05, 0) is 17.7 Å². The lowest BCUT2D eigenvalue weighted by Gasteiger charge is -2.36. The molecule has 9 heteroatoms. The zero-order valence-corrected chi connectivity index (χ0v) is 18.3. The van der Waals surface area contributed by atoms with E-state index in [1.807, 2.05) is 44.8 Å². The van der Waals surface area contributed by atoms with Crippen molar-refractivity contribution in [2.24, 2.45) is 4.99 Å². The van der Waals surface area contributed by atoms with Gasteiger partial charge in [0.05, 0.1) is 12.9 Å². The largest absolute Gasteiger partial charge is 0.354 e. The number of hydrogen-bond donors (Lipinski definition) is 1. The highest BCUT2D eigenvalue weighted by Crippen LogP contribution is 2.13. The van der Waals surface area contributed by atoms with Crippen LogP contribution in [0.25, 0.3) is 0 Å². The fourth-order valence-electron chi connectivity index (χ4n) is 2.91. The van der Waals surface area contributed by atoms with Gasteiger partial charge in [-0.1, -0.05) is 23.7 Å². The van der Waals surface area contributed by atoms with E-state index in [4.69, 9.17) is 11.6 Å². The van der Waals surface area contributed by atoms with Gasteiger partial charge in [0.2, 0.25) is 5.91 Å². The van der Waals surface area contributed by atoms with Crippen LogP contribution in [0.2, 0.25) is 5.02 Å². The standard InChI is InChI=1S/C18H23ClN6O.HI/c1-20-18(22-7-9-23-8-6-21-14-23)25-11-10-24(17(26)13-25)12-15-2-4-16(19)5-3-15;/h2-6,8,14H,7,9-13H2,1H3,(H,20,22);1H. The summed E-state index contributed by atoms with van der Waals surface area (Å²) in [7, 11) is 1.74. The quantitative estimate of drug-likeness (QED) is 0.386. The fourth-order valence-corrected chi connectivity index (χ4v) is 3.04. The van der Waals surface area contributed by atoms with Gasteiger partial charge in [-0.3, -0.25) is 9.79 Å². The minimum absolute atomic E-state index is 0. The molecule has 1 aliphatic rings. The molecule has 1 aliphatic heterocycles. The number of guanidine groups is 1. The van der Waals surface area contributed by atoms with E-state index in [0.717, 1.165) is 31.2 Å². The Morgan fingerprint density at radius 3 is 2.70 bits per heavy atom. The van der Waals surface area contributed by atoms with E-state index in [9.17, 15) is 4.79 Å². The van der Waals surface area contributed by atoms with Crippen molar-refractivity contribution in [3.8, 4) is 0 Å². The molecule has 0 spiro atoms. The molecule has 3 rings (SSSR count). The normalized spacial score (nSPS) is 14.9. The number of aliphatic imine (C=N–C) groups is 1. The first-order chi connectivity index (χ1) is 12.7. The van der Waals surface area contributed by atoms with Gasteiger partial charge in [-0.2, -0.15) is 0 Å². The average Bonchev–Trinajstić information content (AvgIpc) is 3.16. The Morgan fingerprint density at radius 2 is 2.07 bits per heavy atom. The lowest BCUT2D eigenvalue weighted by molar-refractivity contribution is -0.135. The summed E-state index contributed by atoms with van der Waals surface area (Å²) in [5.41, 5.74) is 1.08. The Kier molecular flexibility index (Phi) is 8.36. The molecule has 1 saturated heterocycles. The van der Waals surface area contributed by atoms with E-state index in [2.05, 4.69) is 15.3 Å². The topological polar surface area (TPSA) is 65.8 Å². The maximum atomic E-state index is 12.5. The number of hydrogen-bond acceptors (Lipinski definition) is 3. The summed E-state index contributed by atoms with van der Waals surface area (Å²) >= 11 is 5.91. The van der Waals surface area contributed by atoms with E-state index in [0.29, 0.717) is 24.7 Å². The summed E-state index contributed by atoms with van der Waals surface area (Å²) in [6.45, 7) is 3.88. The molecule has 0 aliphatic carbocycles. The zero-order valence-electron chi connectivity index (χ0n) is 15.2. The molecular weight excluding hydrogens is 479 g/mol. The van der Waals surface area contributed by atoms with Crippen molar-refractivity contribution >= 4 is 47.4 Å². The molecular formula is C18H24ClIN6O. The molecule has 1 N–H and O–H groups in total. The predicted molar refractivity (Wildman–Crippen MR) is 117 cm³/mol. The summed E-state index contributed by atoms with van der Waals surface area (Å²) in [6, 6.07) is 7.62. The first-order valence-corrected chi connectivity index (χ1v) is 8.97. The van der Waals surface area contributed by atoms with Crippen molar-refractivity contribution in [2.45, 2.75) is 13.1 Å². The Morgan fingerprint density at radius 1 is 1.30 bits per heavy atom. The third-order valence-corrected chi connectivity index (χ3v) is 4.58. The lowest BCUT2D eigenvalue weighted by atomic mass is 10.2. The molecule has 1 aromatic carbocycles. The van der Waals surface area contributed by atoms with Crippen LogP contribution in [0.4, 0.5) is 0 Å². The number of nitrogens with zero attached hydrogens (tertiary/aromatic N) is 5. The van der Waals surface area contributed by atoms with E-state index < -0.39 is 0 Å². The van der Waals surface area contributed by atoms with Crippen LogP contribution >= 0.6 is 35.6 Å². The molecule has 2 aromatic rings. The number of piperazine rings is 1. The minimum Gasteiger partial charge on any atom is -0.354 e. The monoisotopic (exact) mass is 502 g/mol. The average molecular weight is 503 g/mol. The van der Waals surface area contributed by atoms with E-state index in [1.165, 1.54) is 0 Å². The van der Waals surface area contributed by atoms with Gasteiger partial charge in [0.25, 0.3) is 0 Å². The predicted octanol–water partition coefficient (Wildman–Crippen LogP) is 2.07. The van der Waals surface area contributed by atoms with Gasteiger partial charge in [-0.25, -0.2) is 4.98 Å². The minimum atomic E-state index is 0. The second-order valence-electron chi connectivity index (χ2n) is 6.14. The molecule has 1 aromatic heterocycles. The number of aromatic nitrogens is 2. The summed E-state index contributed by atoms with van der Waals surface area (Å²) in [5.74, 6) is 0.855. The number of rotatable bonds is 5. The van der Waals surface area contributed by atoms with Gasteiger partial charge >= 0.3 is 0 Å². The molecule has 7 nitrogen and oxygen atoms in total. The molecule has 1 amide bonds. The van der Waals surface area contributed by atoms with Crippen LogP contribution in [-0.4, -0.2) is 64.4 Å². The lowest BCUT2D eigenvalue weighted by Crippen LogP contribution is -2.55. The SMILES string of the molecule is CN=C(NCCn1ccnc1)N1CCN(Cc2ccc(Cl)cc2)C(=O)C1.I. The number of imidazole rings is 1. The van der Waals surface area contributed by atoms with Crippen LogP contribution in [-0.2, 0) is 17.9 Å². The van der Waals surface area contributed by atoms with Gasteiger partial charge in [-0.15, -0.1) is 24.0 Å². The highest BCUT2D eigenvalue weighted by atomic mass is 127. The van der Waals surface area contributed by atoms with Crippen molar-refractivity contribution in [1.29, 1.82) is 0 Å². The van der Waals surface area contributed by atoms with Crippen molar-refractivity contribution < 1.29 is 4.79 Å². The van der Waals surface area contributed by atoms with Gasteiger partial charge in [0, 0.05) is 57.2 Å². The number of halogens is 2. The molecule has 27 heavy (non-hydrogen) atoms. The Labute approximate surface area is 181 Å². The van der Waals surface area contributed by atoms with Crippen LogP contribution in [0.15, 0.2) is 48.0 Å². The van der Waals surface area contributed by atoms with E-state index >= 15 is 0 Å². The maximum Gasteiger partial charge on any atom is 0.242 e. The molecule has 0 radical (unpaired) electrons. The van der Waals surface area contributed by atoms with Crippen LogP contribution < -0.4 is 5.32 Å². The van der Waals surface area contributed by atoms with Crippen molar-refractivity contribution in [1.82, 2.24) is 24.7 Å². The van der Waals surface area contributed by atoms with Crippen molar-refractivity contribution in [3.63, 3.8) is 0 Å². The third kappa shape index (κ3) is 6.10. The second-order valence-corrected chi connectivity index (χ2v) is 6.57. The number of benzene rings is 1. The van der Waals surface area contributed by atoms with Crippen molar-refractivity contribution in [3.05, 3.63) is 53.6 Å². The number of carbonyl (C=O) groups excluding carboxylic acids is 1. The summed E-state index contributed by atoms with van der Waals surface area (Å²) < 4.78 is 2.00. The number of nitrogens with one attached hydrogen (secondary N) is 1. The maximum absolute atomic E-state index is 12.5. The molecule has 1 fully saturated rings. The smallest absolute Gasteiger partial charge is 0.242 e. The molecule has 2 heterocycles. The third-order valence-electron chi connectivity index (χ3n) is 4.33. The van der Waals surface area contributed by atoms with Gasteiger partial charge in [0.15, 0.2) is 5.96 Å². The highest BCUT2D eigenvalue weighted by Gasteiger charge is 2.25. The first-order valence-electron chi connectivity index (χ1n) is 8.59. The number of amides is 1. The Balaban J connectivity index is 0.00000261.